The monoisotopic (exact) mass is 413 g/mol. The van der Waals surface area contributed by atoms with Gasteiger partial charge in [0.25, 0.3) is 0 Å². The van der Waals surface area contributed by atoms with Crippen molar-refractivity contribution in [3.8, 4) is 17.4 Å². The first-order chi connectivity index (χ1) is 13.1. The Morgan fingerprint density at radius 2 is 2.00 bits per heavy atom. The minimum atomic E-state index is -1.08. The summed E-state index contributed by atoms with van der Waals surface area (Å²) in [6, 6.07) is 15.8. The summed E-state index contributed by atoms with van der Waals surface area (Å²) in [5.41, 5.74) is 1.31. The van der Waals surface area contributed by atoms with Gasteiger partial charge in [0.1, 0.15) is 5.01 Å². The molecule has 4 rings (SSSR count). The third kappa shape index (κ3) is 3.33. The van der Waals surface area contributed by atoms with E-state index >= 15 is 0 Å². The molecule has 0 amide bonds. The van der Waals surface area contributed by atoms with Crippen LogP contribution in [0.15, 0.2) is 53.1 Å². The van der Waals surface area contributed by atoms with Crippen molar-refractivity contribution in [1.82, 2.24) is 10.1 Å². The lowest BCUT2D eigenvalue weighted by atomic mass is 10.0. The first-order valence-corrected chi connectivity index (χ1v) is 9.35. The highest BCUT2D eigenvalue weighted by molar-refractivity contribution is 7.18. The molecule has 132 valence electrons. The normalized spacial score (nSPS) is 12.0. The molecule has 0 bridgehead atoms. The van der Waals surface area contributed by atoms with E-state index in [1.807, 2.05) is 12.1 Å². The predicted octanol–water partition coefficient (Wildman–Crippen LogP) is 5.75. The summed E-state index contributed by atoms with van der Waals surface area (Å²) in [4.78, 5) is 17.2. The summed E-state index contributed by atoms with van der Waals surface area (Å²) >= 11 is 13.4. The fourth-order valence-electron chi connectivity index (χ4n) is 2.60. The molecule has 2 heterocycles. The molecule has 1 atom stereocenters. The summed E-state index contributed by atoms with van der Waals surface area (Å²) in [6.07, 6.45) is 0. The standard InChI is InChI=1S/C19H9Cl2N3O2S/c20-10-5-6-17-14(7-10)23-19(27-17)12(9-22)18(25)15-8-16(26-24-15)11-3-1-2-4-13(11)21/h1-8,12H/t12-/m0/s1. The van der Waals surface area contributed by atoms with Crippen molar-refractivity contribution in [2.45, 2.75) is 5.92 Å². The van der Waals surface area contributed by atoms with Crippen LogP contribution in [-0.2, 0) is 0 Å². The van der Waals surface area contributed by atoms with Crippen molar-refractivity contribution < 1.29 is 9.32 Å². The van der Waals surface area contributed by atoms with Crippen LogP contribution in [0.2, 0.25) is 10.0 Å². The van der Waals surface area contributed by atoms with Crippen LogP contribution in [0.1, 0.15) is 21.4 Å². The van der Waals surface area contributed by atoms with Gasteiger partial charge in [-0.05, 0) is 30.3 Å². The molecule has 5 nitrogen and oxygen atoms in total. The van der Waals surface area contributed by atoms with Crippen LogP contribution < -0.4 is 0 Å². The molecule has 0 saturated carbocycles. The predicted molar refractivity (Wildman–Crippen MR) is 104 cm³/mol. The fraction of sp³-hybridized carbons (Fsp3) is 0.0526. The summed E-state index contributed by atoms with van der Waals surface area (Å²) in [7, 11) is 0. The highest BCUT2D eigenvalue weighted by atomic mass is 35.5. The van der Waals surface area contributed by atoms with E-state index in [0.717, 1.165) is 4.70 Å². The number of carbonyl (C=O) groups excluding carboxylic acids is 1. The Kier molecular flexibility index (Phi) is 4.66. The number of nitriles is 1. The molecule has 0 N–H and O–H groups in total. The molecule has 2 aromatic carbocycles. The number of aromatic nitrogens is 2. The molecule has 8 heteroatoms. The third-order valence-corrected chi connectivity index (χ3v) is 5.57. The van der Waals surface area contributed by atoms with Gasteiger partial charge in [-0.25, -0.2) is 4.98 Å². The largest absolute Gasteiger partial charge is 0.356 e. The molecule has 0 fully saturated rings. The van der Waals surface area contributed by atoms with Crippen molar-refractivity contribution in [2.75, 3.05) is 0 Å². The quantitative estimate of drug-likeness (QED) is 0.398. The maximum absolute atomic E-state index is 12.8. The second-order valence-corrected chi connectivity index (χ2v) is 7.55. The number of hydrogen-bond acceptors (Lipinski definition) is 6. The van der Waals surface area contributed by atoms with Crippen LogP contribution in [0.5, 0.6) is 0 Å². The number of fused-ring (bicyclic) bond motifs is 1. The Bertz CT molecular complexity index is 1210. The summed E-state index contributed by atoms with van der Waals surface area (Å²) in [6.45, 7) is 0. The van der Waals surface area contributed by atoms with Gasteiger partial charge in [-0.2, -0.15) is 5.26 Å². The number of Topliss-reactive ketones (excluding diaryl/α,β-unsaturated/α-hetero) is 1. The van der Waals surface area contributed by atoms with Crippen LogP contribution in [0.25, 0.3) is 21.5 Å². The first-order valence-electron chi connectivity index (χ1n) is 7.78. The minimum absolute atomic E-state index is 0.0498. The zero-order valence-electron chi connectivity index (χ0n) is 13.5. The van der Waals surface area contributed by atoms with Gasteiger partial charge in [0.15, 0.2) is 17.4 Å². The SMILES string of the molecule is N#C[C@@H](C(=O)c1cc(-c2ccccc2Cl)on1)c1nc2cc(Cl)ccc2s1. The van der Waals surface area contributed by atoms with E-state index in [0.29, 0.717) is 31.9 Å². The van der Waals surface area contributed by atoms with Gasteiger partial charge in [0.2, 0.25) is 5.78 Å². The van der Waals surface area contributed by atoms with E-state index < -0.39 is 11.7 Å². The second kappa shape index (κ2) is 7.12. The van der Waals surface area contributed by atoms with Gasteiger partial charge in [-0.15, -0.1) is 11.3 Å². The molecule has 27 heavy (non-hydrogen) atoms. The van der Waals surface area contributed by atoms with E-state index in [-0.39, 0.29) is 5.69 Å². The maximum Gasteiger partial charge on any atom is 0.208 e. The Labute approximate surface area is 167 Å². The van der Waals surface area contributed by atoms with Crippen LogP contribution >= 0.6 is 34.5 Å². The van der Waals surface area contributed by atoms with Crippen molar-refractivity contribution in [2.24, 2.45) is 0 Å². The van der Waals surface area contributed by atoms with Crippen LogP contribution in [0.3, 0.4) is 0 Å². The number of nitrogens with zero attached hydrogens (tertiary/aromatic N) is 3. The van der Waals surface area contributed by atoms with E-state index in [9.17, 15) is 10.1 Å². The maximum atomic E-state index is 12.8. The van der Waals surface area contributed by atoms with Gasteiger partial charge in [0.05, 0.1) is 21.3 Å². The molecule has 0 saturated heterocycles. The molecule has 0 unspecified atom stereocenters. The Morgan fingerprint density at radius 1 is 1.19 bits per heavy atom. The van der Waals surface area contributed by atoms with Crippen molar-refractivity contribution in [3.05, 3.63) is 69.3 Å². The Balaban J connectivity index is 1.68. The molecule has 0 radical (unpaired) electrons. The van der Waals surface area contributed by atoms with Gasteiger partial charge in [0, 0.05) is 16.7 Å². The average Bonchev–Trinajstić information content (AvgIpc) is 3.29. The molecular formula is C19H9Cl2N3O2S. The molecule has 0 aliphatic rings. The van der Waals surface area contributed by atoms with E-state index in [1.165, 1.54) is 17.4 Å². The van der Waals surface area contributed by atoms with E-state index in [4.69, 9.17) is 27.7 Å². The lowest BCUT2D eigenvalue weighted by molar-refractivity contribution is 0.0970. The summed E-state index contributed by atoms with van der Waals surface area (Å²) in [5, 5.41) is 14.8. The van der Waals surface area contributed by atoms with Crippen LogP contribution in [-0.4, -0.2) is 15.9 Å². The number of ketones is 1. The number of carbonyl (C=O) groups is 1. The molecular weight excluding hydrogens is 405 g/mol. The van der Waals surface area contributed by atoms with E-state index in [2.05, 4.69) is 10.1 Å². The topological polar surface area (TPSA) is 79.8 Å². The fourth-order valence-corrected chi connectivity index (χ4v) is 3.98. The number of halogens is 2. The molecule has 0 aliphatic carbocycles. The van der Waals surface area contributed by atoms with Crippen molar-refractivity contribution in [3.63, 3.8) is 0 Å². The summed E-state index contributed by atoms with van der Waals surface area (Å²) < 4.78 is 6.11. The van der Waals surface area contributed by atoms with Crippen LogP contribution in [0, 0.1) is 11.3 Å². The highest BCUT2D eigenvalue weighted by Crippen LogP contribution is 2.32. The Hall–Kier alpha value is -2.72. The van der Waals surface area contributed by atoms with Crippen LogP contribution in [0.4, 0.5) is 0 Å². The minimum Gasteiger partial charge on any atom is -0.356 e. The number of thiazole rings is 1. The molecule has 2 aromatic heterocycles. The number of benzene rings is 2. The van der Waals surface area contributed by atoms with Crippen molar-refractivity contribution in [1.29, 1.82) is 5.26 Å². The van der Waals surface area contributed by atoms with Gasteiger partial charge in [-0.3, -0.25) is 4.79 Å². The number of rotatable bonds is 4. The smallest absolute Gasteiger partial charge is 0.208 e. The zero-order chi connectivity index (χ0) is 19.0. The van der Waals surface area contributed by atoms with Crippen molar-refractivity contribution >= 4 is 50.5 Å². The second-order valence-electron chi connectivity index (χ2n) is 5.65. The average molecular weight is 414 g/mol. The van der Waals surface area contributed by atoms with Gasteiger partial charge in [-0.1, -0.05) is 40.5 Å². The number of hydrogen-bond donors (Lipinski definition) is 0. The lowest BCUT2D eigenvalue weighted by Crippen LogP contribution is -2.11. The first kappa shape index (κ1) is 17.7. The zero-order valence-corrected chi connectivity index (χ0v) is 15.8. The molecule has 4 aromatic rings. The molecule has 0 aliphatic heterocycles. The summed E-state index contributed by atoms with van der Waals surface area (Å²) in [5.74, 6) is -1.20. The highest BCUT2D eigenvalue weighted by Gasteiger charge is 2.28. The van der Waals surface area contributed by atoms with E-state index in [1.54, 1.807) is 36.4 Å². The Morgan fingerprint density at radius 3 is 2.78 bits per heavy atom. The lowest BCUT2D eigenvalue weighted by Gasteiger charge is -2.00. The van der Waals surface area contributed by atoms with Gasteiger partial charge >= 0.3 is 0 Å². The van der Waals surface area contributed by atoms with Gasteiger partial charge < -0.3 is 4.52 Å². The molecule has 0 spiro atoms. The third-order valence-electron chi connectivity index (χ3n) is 3.91.